The molecule has 0 aliphatic rings. The summed E-state index contributed by atoms with van der Waals surface area (Å²) < 4.78 is 4.56. The van der Waals surface area contributed by atoms with E-state index in [-0.39, 0.29) is 24.2 Å². The molecule has 6 heteroatoms. The summed E-state index contributed by atoms with van der Waals surface area (Å²) in [5.41, 5.74) is 0.208. The van der Waals surface area contributed by atoms with E-state index in [1.165, 1.54) is 24.3 Å². The largest absolute Gasteiger partial charge is 0.468 e. The SMILES string of the molecule is COC(=O)CN(C(=O)c1cc(Cl)ccn1)C(C)C. The van der Waals surface area contributed by atoms with E-state index < -0.39 is 5.97 Å². The summed E-state index contributed by atoms with van der Waals surface area (Å²) in [5, 5.41) is 0.426. The van der Waals surface area contributed by atoms with Gasteiger partial charge >= 0.3 is 5.97 Å². The highest BCUT2D eigenvalue weighted by molar-refractivity contribution is 6.30. The fraction of sp³-hybridized carbons (Fsp3) is 0.417. The Balaban J connectivity index is 2.93. The van der Waals surface area contributed by atoms with Crippen molar-refractivity contribution in [3.63, 3.8) is 0 Å². The van der Waals surface area contributed by atoms with Gasteiger partial charge in [0, 0.05) is 17.3 Å². The Bertz CT molecular complexity index is 449. The van der Waals surface area contributed by atoms with Gasteiger partial charge in [-0.25, -0.2) is 0 Å². The zero-order valence-electron chi connectivity index (χ0n) is 10.5. The van der Waals surface area contributed by atoms with E-state index in [0.29, 0.717) is 5.02 Å². The van der Waals surface area contributed by atoms with Crippen LogP contribution in [-0.4, -0.2) is 41.5 Å². The van der Waals surface area contributed by atoms with Crippen molar-refractivity contribution in [3.05, 3.63) is 29.0 Å². The molecule has 98 valence electrons. The lowest BCUT2D eigenvalue weighted by molar-refractivity contribution is -0.141. The molecule has 0 aromatic carbocycles. The highest BCUT2D eigenvalue weighted by atomic mass is 35.5. The van der Waals surface area contributed by atoms with E-state index in [0.717, 1.165) is 0 Å². The molecule has 0 unspecified atom stereocenters. The summed E-state index contributed by atoms with van der Waals surface area (Å²) in [6, 6.07) is 2.91. The van der Waals surface area contributed by atoms with E-state index in [2.05, 4.69) is 9.72 Å². The number of ether oxygens (including phenoxy) is 1. The Labute approximate surface area is 111 Å². The number of esters is 1. The number of amides is 1. The lowest BCUT2D eigenvalue weighted by atomic mass is 10.2. The average molecular weight is 271 g/mol. The molecule has 0 radical (unpaired) electrons. The Morgan fingerprint density at radius 3 is 2.67 bits per heavy atom. The maximum Gasteiger partial charge on any atom is 0.325 e. The predicted octanol–water partition coefficient (Wildman–Crippen LogP) is 1.76. The number of methoxy groups -OCH3 is 1. The normalized spacial score (nSPS) is 10.3. The van der Waals surface area contributed by atoms with Crippen LogP contribution in [0.1, 0.15) is 24.3 Å². The average Bonchev–Trinajstić information content (AvgIpc) is 2.34. The highest BCUT2D eigenvalue weighted by Gasteiger charge is 2.22. The maximum absolute atomic E-state index is 12.2. The molecule has 0 saturated heterocycles. The van der Waals surface area contributed by atoms with Gasteiger partial charge in [-0.3, -0.25) is 14.6 Å². The Morgan fingerprint density at radius 1 is 1.50 bits per heavy atom. The second kappa shape index (κ2) is 6.35. The molecular formula is C12H15ClN2O3. The van der Waals surface area contributed by atoms with Crippen molar-refractivity contribution in [2.24, 2.45) is 0 Å². The second-order valence-electron chi connectivity index (χ2n) is 3.96. The maximum atomic E-state index is 12.2. The summed E-state index contributed by atoms with van der Waals surface area (Å²) in [5.74, 6) is -0.822. The van der Waals surface area contributed by atoms with Crippen LogP contribution in [0.3, 0.4) is 0 Å². The minimum atomic E-state index is -0.473. The Morgan fingerprint density at radius 2 is 2.17 bits per heavy atom. The lowest BCUT2D eigenvalue weighted by Crippen LogP contribution is -2.41. The van der Waals surface area contributed by atoms with Gasteiger partial charge in [0.15, 0.2) is 0 Å². The monoisotopic (exact) mass is 270 g/mol. The van der Waals surface area contributed by atoms with Crippen LogP contribution in [-0.2, 0) is 9.53 Å². The van der Waals surface area contributed by atoms with Crippen molar-refractivity contribution in [1.82, 2.24) is 9.88 Å². The third-order valence-electron chi connectivity index (χ3n) is 2.35. The van der Waals surface area contributed by atoms with Crippen LogP contribution in [0.15, 0.2) is 18.3 Å². The van der Waals surface area contributed by atoms with Crippen molar-refractivity contribution in [2.45, 2.75) is 19.9 Å². The molecule has 0 aliphatic carbocycles. The van der Waals surface area contributed by atoms with Crippen LogP contribution < -0.4 is 0 Å². The minimum absolute atomic E-state index is 0.110. The molecule has 0 aliphatic heterocycles. The molecule has 0 saturated carbocycles. The quantitative estimate of drug-likeness (QED) is 0.782. The summed E-state index contributed by atoms with van der Waals surface area (Å²) in [4.78, 5) is 28.8. The van der Waals surface area contributed by atoms with Crippen molar-refractivity contribution in [2.75, 3.05) is 13.7 Å². The van der Waals surface area contributed by atoms with E-state index in [4.69, 9.17) is 11.6 Å². The van der Waals surface area contributed by atoms with Gasteiger partial charge in [0.1, 0.15) is 12.2 Å². The van der Waals surface area contributed by atoms with E-state index in [1.54, 1.807) is 6.07 Å². The first-order valence-corrected chi connectivity index (χ1v) is 5.83. The molecule has 0 N–H and O–H groups in total. The summed E-state index contributed by atoms with van der Waals surface area (Å²) in [7, 11) is 1.28. The molecular weight excluding hydrogens is 256 g/mol. The molecule has 1 aromatic heterocycles. The van der Waals surface area contributed by atoms with Crippen LogP contribution in [0.4, 0.5) is 0 Å². The standard InChI is InChI=1S/C12H15ClN2O3/c1-8(2)15(7-11(16)18-3)12(17)10-6-9(13)4-5-14-10/h4-6,8H,7H2,1-3H3. The van der Waals surface area contributed by atoms with Gasteiger partial charge in [-0.2, -0.15) is 0 Å². The summed E-state index contributed by atoms with van der Waals surface area (Å²) in [6.07, 6.45) is 1.45. The first-order valence-electron chi connectivity index (χ1n) is 5.45. The Hall–Kier alpha value is -1.62. The molecule has 1 rings (SSSR count). The Kier molecular flexibility index (Phi) is 5.09. The molecule has 0 bridgehead atoms. The van der Waals surface area contributed by atoms with E-state index in [9.17, 15) is 9.59 Å². The predicted molar refractivity (Wildman–Crippen MR) is 67.4 cm³/mol. The molecule has 1 heterocycles. The van der Waals surface area contributed by atoms with E-state index >= 15 is 0 Å². The number of pyridine rings is 1. The minimum Gasteiger partial charge on any atom is -0.468 e. The van der Waals surface area contributed by atoms with Gasteiger partial charge in [0.25, 0.3) is 5.91 Å². The summed E-state index contributed by atoms with van der Waals surface area (Å²) >= 11 is 5.80. The first kappa shape index (κ1) is 14.4. The number of carbonyl (C=O) groups excluding carboxylic acids is 2. The van der Waals surface area contributed by atoms with E-state index in [1.807, 2.05) is 13.8 Å². The molecule has 18 heavy (non-hydrogen) atoms. The van der Waals surface area contributed by atoms with Gasteiger partial charge in [0.05, 0.1) is 7.11 Å². The number of hydrogen-bond donors (Lipinski definition) is 0. The van der Waals surface area contributed by atoms with Crippen molar-refractivity contribution < 1.29 is 14.3 Å². The zero-order chi connectivity index (χ0) is 13.7. The summed E-state index contributed by atoms with van der Waals surface area (Å²) in [6.45, 7) is 3.51. The number of halogens is 1. The number of hydrogen-bond acceptors (Lipinski definition) is 4. The van der Waals surface area contributed by atoms with Gasteiger partial charge in [0.2, 0.25) is 0 Å². The topological polar surface area (TPSA) is 59.5 Å². The second-order valence-corrected chi connectivity index (χ2v) is 4.40. The van der Waals surface area contributed by atoms with Crippen molar-refractivity contribution >= 4 is 23.5 Å². The van der Waals surface area contributed by atoms with Gasteiger partial charge in [-0.05, 0) is 26.0 Å². The number of aromatic nitrogens is 1. The van der Waals surface area contributed by atoms with Crippen molar-refractivity contribution in [3.8, 4) is 0 Å². The molecule has 0 spiro atoms. The number of carbonyl (C=O) groups is 2. The molecule has 1 amide bonds. The molecule has 0 fully saturated rings. The molecule has 1 aromatic rings. The number of rotatable bonds is 4. The van der Waals surface area contributed by atoms with Crippen molar-refractivity contribution in [1.29, 1.82) is 0 Å². The van der Waals surface area contributed by atoms with Crippen LogP contribution in [0.2, 0.25) is 5.02 Å². The highest BCUT2D eigenvalue weighted by Crippen LogP contribution is 2.12. The van der Waals surface area contributed by atoms with Gasteiger partial charge in [-0.1, -0.05) is 11.6 Å². The first-order chi connectivity index (χ1) is 8.45. The fourth-order valence-corrected chi connectivity index (χ4v) is 1.52. The third-order valence-corrected chi connectivity index (χ3v) is 2.59. The smallest absolute Gasteiger partial charge is 0.325 e. The lowest BCUT2D eigenvalue weighted by Gasteiger charge is -2.25. The fourth-order valence-electron chi connectivity index (χ4n) is 1.36. The van der Waals surface area contributed by atoms with Gasteiger partial charge < -0.3 is 9.64 Å². The number of nitrogens with zero attached hydrogens (tertiary/aromatic N) is 2. The molecule has 0 atom stereocenters. The zero-order valence-corrected chi connectivity index (χ0v) is 11.3. The van der Waals surface area contributed by atoms with Gasteiger partial charge in [-0.15, -0.1) is 0 Å². The third kappa shape index (κ3) is 3.70. The van der Waals surface area contributed by atoms with Crippen LogP contribution >= 0.6 is 11.6 Å². The molecule has 5 nitrogen and oxygen atoms in total. The van der Waals surface area contributed by atoms with Crippen LogP contribution in [0.5, 0.6) is 0 Å². The van der Waals surface area contributed by atoms with Crippen LogP contribution in [0.25, 0.3) is 0 Å². The van der Waals surface area contributed by atoms with Crippen LogP contribution in [0, 0.1) is 0 Å².